The van der Waals surface area contributed by atoms with Gasteiger partial charge < -0.3 is 10.0 Å². The van der Waals surface area contributed by atoms with E-state index >= 15 is 0 Å². The van der Waals surface area contributed by atoms with Crippen LogP contribution in [0.5, 0.6) is 0 Å². The number of carbonyl (C=O) groups is 2. The van der Waals surface area contributed by atoms with Gasteiger partial charge in [0.05, 0.1) is 0 Å². The van der Waals surface area contributed by atoms with Crippen molar-refractivity contribution in [3.8, 4) is 0 Å². The summed E-state index contributed by atoms with van der Waals surface area (Å²) in [6, 6.07) is 0. The van der Waals surface area contributed by atoms with E-state index < -0.39 is 11.5 Å². The molecule has 14 heavy (non-hydrogen) atoms. The lowest BCUT2D eigenvalue weighted by Crippen LogP contribution is -2.40. The van der Waals surface area contributed by atoms with Crippen molar-refractivity contribution in [2.45, 2.75) is 26.3 Å². The molecular weight excluding hydrogens is 182 g/mol. The van der Waals surface area contributed by atoms with Crippen LogP contribution in [0.25, 0.3) is 0 Å². The van der Waals surface area contributed by atoms with Crippen molar-refractivity contribution in [3.05, 3.63) is 24.9 Å². The molecule has 0 aliphatic carbocycles. The van der Waals surface area contributed by atoms with Crippen molar-refractivity contribution >= 4 is 11.9 Å². The summed E-state index contributed by atoms with van der Waals surface area (Å²) in [4.78, 5) is 22.9. The van der Waals surface area contributed by atoms with Crippen molar-refractivity contribution in [2.24, 2.45) is 0 Å². The number of carbonyl (C=O) groups excluding carboxylic acids is 1. The van der Waals surface area contributed by atoms with Crippen molar-refractivity contribution in [1.82, 2.24) is 4.90 Å². The van der Waals surface area contributed by atoms with Crippen LogP contribution in [0, 0.1) is 0 Å². The van der Waals surface area contributed by atoms with E-state index in [1.54, 1.807) is 20.8 Å². The molecule has 4 nitrogen and oxygen atoms in total. The molecule has 0 aromatic carbocycles. The molecule has 0 rings (SSSR count). The first-order valence-electron chi connectivity index (χ1n) is 4.16. The maximum atomic E-state index is 11.3. The van der Waals surface area contributed by atoms with E-state index in [-0.39, 0.29) is 5.91 Å². The molecular formula is C10H15NO3. The third-order valence-electron chi connectivity index (χ3n) is 1.50. The second-order valence-corrected chi connectivity index (χ2v) is 3.74. The average Bonchev–Trinajstić information content (AvgIpc) is 2.01. The molecule has 0 atom stereocenters. The Labute approximate surface area is 83.5 Å². The van der Waals surface area contributed by atoms with Gasteiger partial charge in [-0.2, -0.15) is 0 Å². The van der Waals surface area contributed by atoms with Gasteiger partial charge in [-0.1, -0.05) is 6.58 Å². The molecule has 0 unspecified atom stereocenters. The van der Waals surface area contributed by atoms with Gasteiger partial charge in [0.1, 0.15) is 0 Å². The Kier molecular flexibility index (Phi) is 4.08. The summed E-state index contributed by atoms with van der Waals surface area (Å²) in [7, 11) is 0. The topological polar surface area (TPSA) is 57.6 Å². The Hall–Kier alpha value is -1.58. The fraction of sp³-hybridized carbons (Fsp3) is 0.400. The second-order valence-electron chi connectivity index (χ2n) is 3.74. The molecule has 0 spiro atoms. The zero-order chi connectivity index (χ0) is 11.4. The van der Waals surface area contributed by atoms with E-state index in [2.05, 4.69) is 6.58 Å². The monoisotopic (exact) mass is 197 g/mol. The maximum absolute atomic E-state index is 11.3. The number of rotatable bonds is 3. The first-order valence-corrected chi connectivity index (χ1v) is 4.16. The van der Waals surface area contributed by atoms with Crippen LogP contribution in [0.1, 0.15) is 20.8 Å². The van der Waals surface area contributed by atoms with Crippen LogP contribution in [0.2, 0.25) is 0 Å². The van der Waals surface area contributed by atoms with E-state index in [1.165, 1.54) is 11.1 Å². The molecule has 1 N–H and O–H groups in total. The minimum Gasteiger partial charge on any atom is -0.478 e. The van der Waals surface area contributed by atoms with Crippen LogP contribution in [-0.2, 0) is 9.59 Å². The largest absolute Gasteiger partial charge is 0.478 e. The Balaban J connectivity index is 4.84. The van der Waals surface area contributed by atoms with E-state index in [1.807, 2.05) is 0 Å². The van der Waals surface area contributed by atoms with E-state index in [0.29, 0.717) is 0 Å². The van der Waals surface area contributed by atoms with Gasteiger partial charge in [-0.3, -0.25) is 4.79 Å². The van der Waals surface area contributed by atoms with Crippen molar-refractivity contribution in [1.29, 1.82) is 0 Å². The second kappa shape index (κ2) is 4.60. The molecule has 0 fully saturated rings. The lowest BCUT2D eigenvalue weighted by Gasteiger charge is -2.31. The summed E-state index contributed by atoms with van der Waals surface area (Å²) < 4.78 is 0. The fourth-order valence-electron chi connectivity index (χ4n) is 0.864. The summed E-state index contributed by atoms with van der Waals surface area (Å²) in [5.41, 5.74) is -0.461. The molecule has 0 heterocycles. The van der Waals surface area contributed by atoms with Crippen LogP contribution in [0.4, 0.5) is 0 Å². The van der Waals surface area contributed by atoms with Gasteiger partial charge in [0.2, 0.25) is 5.91 Å². The number of nitrogens with zero attached hydrogens (tertiary/aromatic N) is 1. The van der Waals surface area contributed by atoms with E-state index in [4.69, 9.17) is 5.11 Å². The minimum absolute atomic E-state index is 0.324. The number of carboxylic acids is 1. The summed E-state index contributed by atoms with van der Waals surface area (Å²) in [6.07, 6.45) is 3.32. The molecule has 0 bridgehead atoms. The van der Waals surface area contributed by atoms with Crippen molar-refractivity contribution in [2.75, 3.05) is 0 Å². The van der Waals surface area contributed by atoms with Crippen LogP contribution < -0.4 is 0 Å². The molecule has 4 heteroatoms. The zero-order valence-corrected chi connectivity index (χ0v) is 8.65. The molecule has 0 aromatic rings. The summed E-state index contributed by atoms with van der Waals surface area (Å²) in [6.45, 7) is 8.77. The number of carboxylic acid groups (broad SMARTS) is 1. The predicted octanol–water partition coefficient (Wildman–Crippen LogP) is 1.40. The standard InChI is InChI=1S/C10H15NO3/c1-5-8(12)11(10(2,3)4)7-6-9(13)14/h5-7H,1H2,2-4H3,(H,13,14). The normalized spacial score (nSPS) is 11.4. The van der Waals surface area contributed by atoms with Gasteiger partial charge in [-0.05, 0) is 26.8 Å². The van der Waals surface area contributed by atoms with Gasteiger partial charge in [0.15, 0.2) is 0 Å². The Bertz CT molecular complexity index is 274. The lowest BCUT2D eigenvalue weighted by molar-refractivity contribution is -0.131. The predicted molar refractivity (Wildman–Crippen MR) is 53.6 cm³/mol. The van der Waals surface area contributed by atoms with E-state index in [0.717, 1.165) is 12.2 Å². The van der Waals surface area contributed by atoms with Crippen LogP contribution in [0.15, 0.2) is 24.9 Å². The van der Waals surface area contributed by atoms with E-state index in [9.17, 15) is 9.59 Å². The summed E-state index contributed by atoms with van der Waals surface area (Å²) in [5, 5.41) is 8.43. The molecule has 0 saturated heterocycles. The first kappa shape index (κ1) is 12.4. The quantitative estimate of drug-likeness (QED) is 0.696. The number of amides is 1. The van der Waals surface area contributed by atoms with Gasteiger partial charge in [-0.15, -0.1) is 0 Å². The van der Waals surface area contributed by atoms with Crippen LogP contribution in [-0.4, -0.2) is 27.4 Å². The highest BCUT2D eigenvalue weighted by molar-refractivity contribution is 5.89. The maximum Gasteiger partial charge on any atom is 0.329 e. The third-order valence-corrected chi connectivity index (χ3v) is 1.50. The van der Waals surface area contributed by atoms with Gasteiger partial charge in [0, 0.05) is 17.8 Å². The number of hydrogen-bond donors (Lipinski definition) is 1. The lowest BCUT2D eigenvalue weighted by atomic mass is 10.1. The molecule has 78 valence electrons. The van der Waals surface area contributed by atoms with Crippen molar-refractivity contribution < 1.29 is 14.7 Å². The van der Waals surface area contributed by atoms with Crippen LogP contribution >= 0.6 is 0 Å². The first-order chi connectivity index (χ1) is 6.29. The zero-order valence-electron chi connectivity index (χ0n) is 8.65. The summed E-state index contributed by atoms with van der Waals surface area (Å²) in [5.74, 6) is -1.41. The molecule has 0 saturated carbocycles. The molecule has 0 aliphatic rings. The fourth-order valence-corrected chi connectivity index (χ4v) is 0.864. The molecule has 1 amide bonds. The molecule has 0 aliphatic heterocycles. The van der Waals surface area contributed by atoms with Crippen molar-refractivity contribution in [3.63, 3.8) is 0 Å². The SMILES string of the molecule is C=CC(=O)N(C=CC(=O)O)C(C)(C)C. The highest BCUT2D eigenvalue weighted by atomic mass is 16.4. The minimum atomic E-state index is -1.09. The highest BCUT2D eigenvalue weighted by Gasteiger charge is 2.22. The summed E-state index contributed by atoms with van der Waals surface area (Å²) >= 11 is 0. The number of hydrogen-bond acceptors (Lipinski definition) is 2. The number of aliphatic carboxylic acids is 1. The van der Waals surface area contributed by atoms with Gasteiger partial charge >= 0.3 is 5.97 Å². The van der Waals surface area contributed by atoms with Crippen LogP contribution in [0.3, 0.4) is 0 Å². The Morgan fingerprint density at radius 2 is 1.86 bits per heavy atom. The Morgan fingerprint density at radius 3 is 2.14 bits per heavy atom. The highest BCUT2D eigenvalue weighted by Crippen LogP contribution is 2.14. The van der Waals surface area contributed by atoms with Gasteiger partial charge in [-0.25, -0.2) is 4.79 Å². The smallest absolute Gasteiger partial charge is 0.329 e. The average molecular weight is 197 g/mol. The molecule has 0 aromatic heterocycles. The van der Waals surface area contributed by atoms with Gasteiger partial charge in [0.25, 0.3) is 0 Å². The third kappa shape index (κ3) is 3.89. The molecule has 0 radical (unpaired) electrons. The Morgan fingerprint density at radius 1 is 1.36 bits per heavy atom.